The number of Topliss-reactive ketones (excluding diaryl/α,β-unsaturated/α-hetero) is 1. The fourth-order valence-corrected chi connectivity index (χ4v) is 4.77. The topological polar surface area (TPSA) is 79.3 Å². The number of hydrogen-bond acceptors (Lipinski definition) is 6. The maximum atomic E-state index is 13.5. The lowest BCUT2D eigenvalue weighted by Crippen LogP contribution is -2.29. The number of anilines is 2. The molecule has 0 bridgehead atoms. The van der Waals surface area contributed by atoms with Crippen LogP contribution in [0, 0.1) is 6.92 Å². The second kappa shape index (κ2) is 10.8. The Morgan fingerprint density at radius 1 is 0.919 bits per heavy atom. The fraction of sp³-hybridized carbons (Fsp3) is 0.267. The molecule has 0 radical (unpaired) electrons. The van der Waals surface area contributed by atoms with E-state index in [0.717, 1.165) is 24.3 Å². The molecular formula is C30H32N2O5. The van der Waals surface area contributed by atoms with Gasteiger partial charge in [0.15, 0.2) is 0 Å². The second-order valence-corrected chi connectivity index (χ2v) is 8.83. The molecule has 1 N–H and O–H groups in total. The number of amides is 1. The normalized spacial score (nSPS) is 16.7. The SMILES string of the molecule is CCN(CC)c1ccc(C2/C(=C(\O)c3cc(C)ccc3OC)C(=O)C(=O)N2c2ccc(OC)cc2)cc1. The third-order valence-electron chi connectivity index (χ3n) is 6.74. The van der Waals surface area contributed by atoms with Gasteiger partial charge >= 0.3 is 0 Å². The lowest BCUT2D eigenvalue weighted by atomic mass is 9.94. The van der Waals surface area contributed by atoms with Crippen molar-refractivity contribution in [2.45, 2.75) is 26.8 Å². The van der Waals surface area contributed by atoms with Gasteiger partial charge < -0.3 is 19.5 Å². The molecule has 192 valence electrons. The van der Waals surface area contributed by atoms with Crippen LogP contribution < -0.4 is 19.3 Å². The van der Waals surface area contributed by atoms with Crippen molar-refractivity contribution in [2.75, 3.05) is 37.1 Å². The van der Waals surface area contributed by atoms with Crippen LogP contribution in [0.2, 0.25) is 0 Å². The van der Waals surface area contributed by atoms with E-state index in [1.165, 1.54) is 12.0 Å². The predicted octanol–water partition coefficient (Wildman–Crippen LogP) is 5.48. The Morgan fingerprint density at radius 2 is 1.57 bits per heavy atom. The molecule has 3 aromatic rings. The number of aryl methyl sites for hydroxylation is 1. The Labute approximate surface area is 217 Å². The summed E-state index contributed by atoms with van der Waals surface area (Å²) in [5, 5.41) is 11.5. The van der Waals surface area contributed by atoms with Crippen LogP contribution >= 0.6 is 0 Å². The summed E-state index contributed by atoms with van der Waals surface area (Å²) in [7, 11) is 3.06. The Balaban J connectivity index is 1.93. The smallest absolute Gasteiger partial charge is 0.300 e. The van der Waals surface area contributed by atoms with E-state index in [2.05, 4.69) is 18.7 Å². The van der Waals surface area contributed by atoms with Gasteiger partial charge in [0, 0.05) is 24.5 Å². The summed E-state index contributed by atoms with van der Waals surface area (Å²) in [5.74, 6) is -0.696. The maximum Gasteiger partial charge on any atom is 0.300 e. The molecule has 7 heteroatoms. The van der Waals surface area contributed by atoms with Crippen molar-refractivity contribution in [2.24, 2.45) is 0 Å². The molecule has 1 saturated heterocycles. The van der Waals surface area contributed by atoms with Gasteiger partial charge in [0.05, 0.1) is 31.4 Å². The zero-order valence-corrected chi connectivity index (χ0v) is 21.8. The van der Waals surface area contributed by atoms with Crippen molar-refractivity contribution in [1.82, 2.24) is 0 Å². The molecule has 1 aliphatic heterocycles. The highest BCUT2D eigenvalue weighted by Crippen LogP contribution is 2.44. The molecule has 7 nitrogen and oxygen atoms in total. The van der Waals surface area contributed by atoms with Crippen LogP contribution in [0.1, 0.15) is 36.6 Å². The van der Waals surface area contributed by atoms with Gasteiger partial charge in [-0.05, 0) is 74.9 Å². The summed E-state index contributed by atoms with van der Waals surface area (Å²) in [6.45, 7) is 7.77. The van der Waals surface area contributed by atoms with Gasteiger partial charge in [0.25, 0.3) is 11.7 Å². The highest BCUT2D eigenvalue weighted by Gasteiger charge is 2.47. The molecule has 37 heavy (non-hydrogen) atoms. The fourth-order valence-electron chi connectivity index (χ4n) is 4.77. The highest BCUT2D eigenvalue weighted by atomic mass is 16.5. The summed E-state index contributed by atoms with van der Waals surface area (Å²) >= 11 is 0. The maximum absolute atomic E-state index is 13.5. The largest absolute Gasteiger partial charge is 0.507 e. The predicted molar refractivity (Wildman–Crippen MR) is 146 cm³/mol. The molecule has 0 aromatic heterocycles. The molecule has 3 aromatic carbocycles. The first-order valence-corrected chi connectivity index (χ1v) is 12.3. The van der Waals surface area contributed by atoms with E-state index in [0.29, 0.717) is 28.3 Å². The molecule has 4 rings (SSSR count). The minimum absolute atomic E-state index is 0.0142. The number of rotatable bonds is 8. The van der Waals surface area contributed by atoms with Gasteiger partial charge in [-0.15, -0.1) is 0 Å². The van der Waals surface area contributed by atoms with Crippen molar-refractivity contribution in [3.63, 3.8) is 0 Å². The molecule has 0 aliphatic carbocycles. The van der Waals surface area contributed by atoms with Gasteiger partial charge in [-0.3, -0.25) is 14.5 Å². The van der Waals surface area contributed by atoms with Crippen LogP contribution in [0.25, 0.3) is 5.76 Å². The molecular weight excluding hydrogens is 468 g/mol. The standard InChI is InChI=1S/C30H32N2O5/c1-6-31(7-2)21-11-9-20(10-12-21)27-26(28(33)24-18-19(3)8-17-25(24)37-5)29(34)30(35)32(27)22-13-15-23(36-4)16-14-22/h8-18,27,33H,6-7H2,1-5H3/b28-26+. The van der Waals surface area contributed by atoms with Crippen LogP contribution in [0.15, 0.2) is 72.3 Å². The number of carbonyl (C=O) groups excluding carboxylic acids is 2. The van der Waals surface area contributed by atoms with Gasteiger partial charge in [-0.2, -0.15) is 0 Å². The Kier molecular flexibility index (Phi) is 7.53. The molecule has 1 aliphatic rings. The first-order valence-electron chi connectivity index (χ1n) is 12.3. The number of carbonyl (C=O) groups is 2. The second-order valence-electron chi connectivity index (χ2n) is 8.83. The van der Waals surface area contributed by atoms with Crippen LogP contribution in [-0.2, 0) is 9.59 Å². The zero-order valence-electron chi connectivity index (χ0n) is 21.8. The van der Waals surface area contributed by atoms with Gasteiger partial charge in [0.2, 0.25) is 0 Å². The van der Waals surface area contributed by atoms with Crippen LogP contribution in [-0.4, -0.2) is 44.1 Å². The van der Waals surface area contributed by atoms with Crippen LogP contribution in [0.3, 0.4) is 0 Å². The Bertz CT molecular complexity index is 1330. The van der Waals surface area contributed by atoms with Gasteiger partial charge in [-0.1, -0.05) is 23.8 Å². The number of ether oxygens (including phenoxy) is 2. The minimum Gasteiger partial charge on any atom is -0.507 e. The highest BCUT2D eigenvalue weighted by molar-refractivity contribution is 6.51. The molecule has 1 atom stereocenters. The molecule has 1 fully saturated rings. The average molecular weight is 501 g/mol. The summed E-state index contributed by atoms with van der Waals surface area (Å²) in [4.78, 5) is 30.6. The summed E-state index contributed by atoms with van der Waals surface area (Å²) in [6, 6.07) is 19.2. The Hall–Kier alpha value is -4.26. The third kappa shape index (κ3) is 4.77. The van der Waals surface area contributed by atoms with Crippen molar-refractivity contribution in [3.05, 3.63) is 89.0 Å². The van der Waals surface area contributed by atoms with E-state index in [4.69, 9.17) is 9.47 Å². The van der Waals surface area contributed by atoms with Gasteiger partial charge in [0.1, 0.15) is 17.3 Å². The number of benzene rings is 3. The molecule has 1 heterocycles. The number of aliphatic hydroxyl groups excluding tert-OH is 1. The number of hydrogen-bond donors (Lipinski definition) is 1. The summed E-state index contributed by atoms with van der Waals surface area (Å²) in [5.41, 5.74) is 3.53. The van der Waals surface area contributed by atoms with Crippen molar-refractivity contribution >= 4 is 28.8 Å². The minimum atomic E-state index is -0.829. The molecule has 0 saturated carbocycles. The van der Waals surface area contributed by atoms with Crippen molar-refractivity contribution in [3.8, 4) is 11.5 Å². The number of aliphatic hydroxyl groups is 1. The first-order chi connectivity index (χ1) is 17.8. The third-order valence-corrected chi connectivity index (χ3v) is 6.74. The van der Waals surface area contributed by atoms with E-state index >= 15 is 0 Å². The van der Waals surface area contributed by atoms with Crippen molar-refractivity contribution < 1.29 is 24.2 Å². The lowest BCUT2D eigenvalue weighted by molar-refractivity contribution is -0.132. The lowest BCUT2D eigenvalue weighted by Gasteiger charge is -2.27. The first kappa shape index (κ1) is 25.8. The number of methoxy groups -OCH3 is 2. The van der Waals surface area contributed by atoms with Crippen molar-refractivity contribution in [1.29, 1.82) is 0 Å². The van der Waals surface area contributed by atoms with Crippen LogP contribution in [0.4, 0.5) is 11.4 Å². The van der Waals surface area contributed by atoms with E-state index in [1.807, 2.05) is 37.3 Å². The quantitative estimate of drug-likeness (QED) is 0.251. The molecule has 1 unspecified atom stereocenters. The van der Waals surface area contributed by atoms with E-state index < -0.39 is 17.7 Å². The number of ketones is 1. The zero-order chi connectivity index (χ0) is 26.7. The van der Waals surface area contributed by atoms with E-state index in [-0.39, 0.29) is 11.3 Å². The summed E-state index contributed by atoms with van der Waals surface area (Å²) in [6.07, 6.45) is 0. The van der Waals surface area contributed by atoms with E-state index in [1.54, 1.807) is 43.5 Å². The average Bonchev–Trinajstić information content (AvgIpc) is 3.19. The van der Waals surface area contributed by atoms with Crippen LogP contribution in [0.5, 0.6) is 11.5 Å². The van der Waals surface area contributed by atoms with E-state index in [9.17, 15) is 14.7 Å². The molecule has 0 spiro atoms. The summed E-state index contributed by atoms with van der Waals surface area (Å²) < 4.78 is 10.7. The van der Waals surface area contributed by atoms with Gasteiger partial charge in [-0.25, -0.2) is 0 Å². The number of nitrogens with zero attached hydrogens (tertiary/aromatic N) is 2. The molecule has 1 amide bonds. The Morgan fingerprint density at radius 3 is 2.14 bits per heavy atom. The monoisotopic (exact) mass is 500 g/mol.